The van der Waals surface area contributed by atoms with E-state index in [1.807, 2.05) is 36.4 Å². The highest BCUT2D eigenvalue weighted by Gasteiger charge is 2.44. The molecule has 2 aromatic rings. The number of hydrogen-bond donors (Lipinski definition) is 1. The molecule has 4 rings (SSSR count). The predicted molar refractivity (Wildman–Crippen MR) is 170 cm³/mol. The first kappa shape index (κ1) is 34.3. The molecule has 0 aromatic heterocycles. The van der Waals surface area contributed by atoms with Gasteiger partial charge >= 0.3 is 18.0 Å². The van der Waals surface area contributed by atoms with E-state index in [9.17, 15) is 19.2 Å². The Morgan fingerprint density at radius 1 is 0.978 bits per heavy atom. The molecule has 0 spiro atoms. The summed E-state index contributed by atoms with van der Waals surface area (Å²) in [6, 6.07) is 17.4. The van der Waals surface area contributed by atoms with Crippen LogP contribution in [-0.4, -0.2) is 77.5 Å². The molecule has 10 nitrogen and oxygen atoms in total. The smallest absolute Gasteiger partial charge is 0.410 e. The molecule has 0 radical (unpaired) electrons. The van der Waals surface area contributed by atoms with E-state index in [0.717, 1.165) is 37.0 Å². The average Bonchev–Trinajstić information content (AvgIpc) is 3.55. The van der Waals surface area contributed by atoms with Gasteiger partial charge in [0.2, 0.25) is 5.91 Å². The second-order valence-corrected chi connectivity index (χ2v) is 12.5. The van der Waals surface area contributed by atoms with Gasteiger partial charge in [0.25, 0.3) is 0 Å². The number of likely N-dealkylation sites (tertiary alicyclic amines) is 1. The van der Waals surface area contributed by atoms with Crippen LogP contribution in [0.4, 0.5) is 4.79 Å². The molecule has 2 amide bonds. The number of ether oxygens (including phenoxy) is 4. The molecule has 0 aliphatic carbocycles. The maximum absolute atomic E-state index is 13.3. The number of thioether (sulfide) groups is 1. The minimum absolute atomic E-state index is 0.129. The Morgan fingerprint density at radius 3 is 2.42 bits per heavy atom. The minimum Gasteiger partial charge on any atom is -0.455 e. The zero-order chi connectivity index (χ0) is 32.0. The molecule has 2 aliphatic heterocycles. The van der Waals surface area contributed by atoms with Gasteiger partial charge in [0.1, 0.15) is 24.2 Å². The Balaban J connectivity index is 1.40. The van der Waals surface area contributed by atoms with Crippen molar-refractivity contribution >= 4 is 35.7 Å². The van der Waals surface area contributed by atoms with Crippen molar-refractivity contribution in [3.8, 4) is 0 Å². The number of esters is 2. The molecule has 1 unspecified atom stereocenters. The van der Waals surface area contributed by atoms with Gasteiger partial charge in [-0.1, -0.05) is 74.7 Å². The second kappa shape index (κ2) is 17.8. The highest BCUT2D eigenvalue weighted by molar-refractivity contribution is 7.99. The van der Waals surface area contributed by atoms with Gasteiger partial charge in [-0.3, -0.25) is 14.5 Å². The maximum atomic E-state index is 13.3. The van der Waals surface area contributed by atoms with Crippen molar-refractivity contribution in [1.29, 1.82) is 0 Å². The van der Waals surface area contributed by atoms with E-state index in [1.54, 1.807) is 24.3 Å². The van der Waals surface area contributed by atoms with Gasteiger partial charge in [-0.25, -0.2) is 9.59 Å². The Labute approximate surface area is 269 Å². The highest BCUT2D eigenvalue weighted by Crippen LogP contribution is 2.33. The molecule has 2 aliphatic rings. The number of nitrogens with one attached hydrogen (secondary N) is 1. The summed E-state index contributed by atoms with van der Waals surface area (Å²) < 4.78 is 23.5. The lowest BCUT2D eigenvalue weighted by Gasteiger charge is -2.40. The molecule has 45 heavy (non-hydrogen) atoms. The number of hydrogen-bond acceptors (Lipinski definition) is 9. The number of rotatable bonds is 14. The molecule has 2 saturated heterocycles. The van der Waals surface area contributed by atoms with Crippen molar-refractivity contribution in [2.45, 2.75) is 95.2 Å². The minimum atomic E-state index is -0.803. The number of nitrogens with zero attached hydrogens (tertiary/aromatic N) is 1. The zero-order valence-electron chi connectivity index (χ0n) is 26.1. The van der Waals surface area contributed by atoms with Crippen LogP contribution in [0.25, 0.3) is 0 Å². The van der Waals surface area contributed by atoms with Crippen molar-refractivity contribution in [3.63, 3.8) is 0 Å². The van der Waals surface area contributed by atoms with Crippen molar-refractivity contribution in [2.24, 2.45) is 0 Å². The fraction of sp³-hybridized carbons (Fsp3) is 0.529. The monoisotopic (exact) mass is 640 g/mol. The standard InChI is InChI=1S/C34H44N2O8S/c1-3-4-5-12-20-45-33-30(42-24(2)37)29(44-32(39)26-16-10-7-11-17-26)21-27(43-33)22-35-31(38)28-18-13-19-36(28)34(40)41-23-25-14-8-6-9-15-25/h6-11,14-17,27-30,33H,3-5,12-13,18-23H2,1-2H3,(H,35,38)/t27-,28?,29-,30-,33+/m0/s1. The summed E-state index contributed by atoms with van der Waals surface area (Å²) in [5, 5.41) is 2.95. The third-order valence-corrected chi connectivity index (χ3v) is 9.04. The van der Waals surface area contributed by atoms with Gasteiger partial charge in [-0.2, -0.15) is 0 Å². The van der Waals surface area contributed by atoms with Crippen LogP contribution in [-0.2, 0) is 35.1 Å². The highest BCUT2D eigenvalue weighted by atomic mass is 32.2. The summed E-state index contributed by atoms with van der Waals surface area (Å²) in [7, 11) is 0. The molecular formula is C34H44N2O8S. The molecule has 244 valence electrons. The first-order valence-electron chi connectivity index (χ1n) is 15.8. The normalized spacial score (nSPS) is 22.8. The van der Waals surface area contributed by atoms with Crippen LogP contribution in [0, 0.1) is 0 Å². The molecule has 0 bridgehead atoms. The van der Waals surface area contributed by atoms with Crippen LogP contribution in [0.3, 0.4) is 0 Å². The quantitative estimate of drug-likeness (QED) is 0.162. The van der Waals surface area contributed by atoms with E-state index in [4.69, 9.17) is 18.9 Å². The van der Waals surface area contributed by atoms with Crippen LogP contribution in [0.15, 0.2) is 60.7 Å². The van der Waals surface area contributed by atoms with Gasteiger partial charge in [-0.05, 0) is 42.7 Å². The van der Waals surface area contributed by atoms with Crippen LogP contribution >= 0.6 is 11.8 Å². The predicted octanol–water partition coefficient (Wildman–Crippen LogP) is 5.49. The van der Waals surface area contributed by atoms with Crippen molar-refractivity contribution in [1.82, 2.24) is 10.2 Å². The lowest BCUT2D eigenvalue weighted by molar-refractivity contribution is -0.178. The lowest BCUT2D eigenvalue weighted by atomic mass is 10.0. The molecule has 2 fully saturated rings. The number of amides is 2. The summed E-state index contributed by atoms with van der Waals surface area (Å²) in [5.41, 5.74) is 0.670. The van der Waals surface area contributed by atoms with Gasteiger partial charge in [0, 0.05) is 26.4 Å². The second-order valence-electron chi connectivity index (χ2n) is 11.3. The van der Waals surface area contributed by atoms with Gasteiger partial charge in [-0.15, -0.1) is 11.8 Å². The number of carbonyl (C=O) groups excluding carboxylic acids is 4. The van der Waals surface area contributed by atoms with E-state index >= 15 is 0 Å². The molecule has 2 aromatic carbocycles. The molecule has 1 N–H and O–H groups in total. The molecule has 2 heterocycles. The summed E-state index contributed by atoms with van der Waals surface area (Å²) in [4.78, 5) is 52.8. The Hall–Kier alpha value is -3.57. The molecule has 11 heteroatoms. The van der Waals surface area contributed by atoms with Crippen LogP contribution in [0.5, 0.6) is 0 Å². The largest absolute Gasteiger partial charge is 0.455 e. The van der Waals surface area contributed by atoms with Gasteiger partial charge in [0.15, 0.2) is 6.10 Å². The first-order chi connectivity index (χ1) is 21.9. The summed E-state index contributed by atoms with van der Waals surface area (Å²) >= 11 is 1.52. The zero-order valence-corrected chi connectivity index (χ0v) is 26.9. The topological polar surface area (TPSA) is 120 Å². The number of carbonyl (C=O) groups is 4. The summed E-state index contributed by atoms with van der Waals surface area (Å²) in [6.45, 7) is 4.18. The third kappa shape index (κ3) is 10.5. The first-order valence-corrected chi connectivity index (χ1v) is 16.9. The number of unbranched alkanes of at least 4 members (excludes halogenated alkanes) is 3. The Morgan fingerprint density at radius 2 is 1.71 bits per heavy atom. The SMILES string of the molecule is CCCCCCS[C@H]1O[C@H](CNC(=O)C2CCCN2C(=O)OCc2ccccc2)C[C@H](OC(=O)c2ccccc2)[C@@H]1OC(C)=O. The molecular weight excluding hydrogens is 596 g/mol. The van der Waals surface area contributed by atoms with Gasteiger partial charge in [0.05, 0.1) is 11.7 Å². The fourth-order valence-corrected chi connectivity index (χ4v) is 6.75. The van der Waals surface area contributed by atoms with Crippen molar-refractivity contribution in [3.05, 3.63) is 71.8 Å². The van der Waals surface area contributed by atoms with Crippen molar-refractivity contribution in [2.75, 3.05) is 18.8 Å². The average molecular weight is 641 g/mol. The summed E-state index contributed by atoms with van der Waals surface area (Å²) in [6.07, 6.45) is 3.11. The Kier molecular flexibility index (Phi) is 13.6. The van der Waals surface area contributed by atoms with E-state index in [0.29, 0.717) is 24.9 Å². The van der Waals surface area contributed by atoms with Gasteiger partial charge < -0.3 is 24.3 Å². The lowest BCUT2D eigenvalue weighted by Crippen LogP contribution is -2.54. The van der Waals surface area contributed by atoms with E-state index in [2.05, 4.69) is 12.2 Å². The maximum Gasteiger partial charge on any atom is 0.410 e. The van der Waals surface area contributed by atoms with E-state index in [-0.39, 0.29) is 25.5 Å². The van der Waals surface area contributed by atoms with Crippen LogP contribution in [0.2, 0.25) is 0 Å². The molecule has 5 atom stereocenters. The van der Waals surface area contributed by atoms with Crippen LogP contribution < -0.4 is 5.32 Å². The Bertz CT molecular complexity index is 1250. The van der Waals surface area contributed by atoms with E-state index in [1.165, 1.54) is 23.6 Å². The number of benzene rings is 2. The van der Waals surface area contributed by atoms with Crippen LogP contribution in [0.1, 0.15) is 74.7 Å². The molecule has 0 saturated carbocycles. The van der Waals surface area contributed by atoms with Crippen molar-refractivity contribution < 1.29 is 38.1 Å². The fourth-order valence-electron chi connectivity index (χ4n) is 5.50. The third-order valence-electron chi connectivity index (χ3n) is 7.81. The van der Waals surface area contributed by atoms with E-state index < -0.39 is 47.8 Å². The summed E-state index contributed by atoms with van der Waals surface area (Å²) in [5.74, 6) is -0.530.